The summed E-state index contributed by atoms with van der Waals surface area (Å²) in [5.41, 5.74) is 0. The van der Waals surface area contributed by atoms with Crippen LogP contribution in [0.25, 0.3) is 0 Å². The number of carbonyl (C=O) groups is 3. The maximum absolute atomic E-state index is 12.9. The number of unbranched alkanes of at least 4 members (excludes halogenated alkanes) is 35. The summed E-state index contributed by atoms with van der Waals surface area (Å²) in [6.45, 7) is 6.50. The van der Waals surface area contributed by atoms with Gasteiger partial charge in [-0.05, 0) is 109 Å². The van der Waals surface area contributed by atoms with E-state index in [0.717, 1.165) is 122 Å². The Morgan fingerprint density at radius 2 is 0.470 bits per heavy atom. The molecule has 6 nitrogen and oxygen atoms in total. The third kappa shape index (κ3) is 68.7. The van der Waals surface area contributed by atoms with E-state index in [0.29, 0.717) is 19.3 Å². The minimum absolute atomic E-state index is 0.0805. The van der Waals surface area contributed by atoms with Gasteiger partial charge in [-0.15, -0.1) is 0 Å². The highest BCUT2D eigenvalue weighted by Gasteiger charge is 2.19. The smallest absolute Gasteiger partial charge is 0.306 e. The molecule has 0 aromatic carbocycles. The molecule has 0 aromatic heterocycles. The van der Waals surface area contributed by atoms with E-state index in [4.69, 9.17) is 14.2 Å². The average molecular weight is 1150 g/mol. The van der Waals surface area contributed by atoms with Gasteiger partial charge in [0, 0.05) is 19.3 Å². The highest BCUT2D eigenvalue weighted by molar-refractivity contribution is 5.71. The summed E-state index contributed by atoms with van der Waals surface area (Å²) in [6.07, 6.45) is 97.2. The highest BCUT2D eigenvalue weighted by Crippen LogP contribution is 2.17. The van der Waals surface area contributed by atoms with E-state index in [1.54, 1.807) is 0 Å². The molecule has 0 heterocycles. The third-order valence-corrected chi connectivity index (χ3v) is 15.3. The van der Waals surface area contributed by atoms with Crippen LogP contribution in [0.4, 0.5) is 0 Å². The first-order chi connectivity index (χ1) is 41.0. The molecule has 0 fully saturated rings. The molecule has 0 aliphatic carbocycles. The predicted molar refractivity (Wildman–Crippen MR) is 362 cm³/mol. The number of carbonyl (C=O) groups excluding carboxylic acids is 3. The summed E-state index contributed by atoms with van der Waals surface area (Å²) in [4.78, 5) is 38.2. The van der Waals surface area contributed by atoms with Gasteiger partial charge in [0.05, 0.1) is 0 Å². The Hall–Kier alpha value is -3.93. The lowest BCUT2D eigenvalue weighted by molar-refractivity contribution is -0.167. The van der Waals surface area contributed by atoms with Crippen LogP contribution in [0.5, 0.6) is 0 Å². The summed E-state index contributed by atoms with van der Waals surface area (Å²) >= 11 is 0. The summed E-state index contributed by atoms with van der Waals surface area (Å²) in [5.74, 6) is -0.891. The molecular formula is C77H132O6. The second-order valence-electron chi connectivity index (χ2n) is 23.4. The zero-order valence-corrected chi connectivity index (χ0v) is 54.7. The fourth-order valence-corrected chi connectivity index (χ4v) is 9.99. The quantitative estimate of drug-likeness (QED) is 0.0261. The van der Waals surface area contributed by atoms with E-state index in [1.165, 1.54) is 180 Å². The largest absolute Gasteiger partial charge is 0.462 e. The van der Waals surface area contributed by atoms with Crippen LogP contribution in [-0.2, 0) is 28.6 Å². The Bertz CT molecular complexity index is 1660. The Balaban J connectivity index is 4.13. The van der Waals surface area contributed by atoms with E-state index in [2.05, 4.69) is 130 Å². The lowest BCUT2D eigenvalue weighted by Crippen LogP contribution is -2.30. The SMILES string of the molecule is CC/C=C\C/C=C\C/C=C\C/C=C\C/C=C\C/C=C\C/C=C\C/C=C\CCCCCCCCC(=O)OCC(COC(=O)CCCCCCCCC)OC(=O)CCCCCCCCCCCCCCCCC/C=C\CCCCCCCCCC. The zero-order valence-electron chi connectivity index (χ0n) is 54.7. The molecule has 0 saturated heterocycles. The van der Waals surface area contributed by atoms with Crippen LogP contribution in [0.3, 0.4) is 0 Å². The first-order valence-corrected chi connectivity index (χ1v) is 35.4. The van der Waals surface area contributed by atoms with Gasteiger partial charge < -0.3 is 14.2 Å². The molecule has 0 radical (unpaired) electrons. The molecular weight excluding hydrogens is 1020 g/mol. The minimum atomic E-state index is -0.783. The number of hydrogen-bond donors (Lipinski definition) is 0. The molecule has 1 atom stereocenters. The first-order valence-electron chi connectivity index (χ1n) is 35.4. The number of rotatable bonds is 64. The number of esters is 3. The Labute approximate surface area is 514 Å². The highest BCUT2D eigenvalue weighted by atomic mass is 16.6. The maximum Gasteiger partial charge on any atom is 0.306 e. The summed E-state index contributed by atoms with van der Waals surface area (Å²) < 4.78 is 16.9. The van der Waals surface area contributed by atoms with Crippen molar-refractivity contribution in [3.05, 3.63) is 109 Å². The van der Waals surface area contributed by atoms with Crippen LogP contribution >= 0.6 is 0 Å². The van der Waals surface area contributed by atoms with Crippen LogP contribution in [0.1, 0.15) is 342 Å². The molecule has 0 aliphatic rings. The van der Waals surface area contributed by atoms with Gasteiger partial charge in [0.25, 0.3) is 0 Å². The van der Waals surface area contributed by atoms with Crippen LogP contribution in [-0.4, -0.2) is 37.2 Å². The molecule has 6 heteroatoms. The molecule has 0 spiro atoms. The number of ether oxygens (including phenoxy) is 3. The predicted octanol–water partition coefficient (Wildman–Crippen LogP) is 24.6. The summed E-state index contributed by atoms with van der Waals surface area (Å²) in [7, 11) is 0. The lowest BCUT2D eigenvalue weighted by Gasteiger charge is -2.18. The van der Waals surface area contributed by atoms with Crippen LogP contribution < -0.4 is 0 Å². The van der Waals surface area contributed by atoms with Crippen molar-refractivity contribution in [3.63, 3.8) is 0 Å². The molecule has 0 N–H and O–H groups in total. The molecule has 83 heavy (non-hydrogen) atoms. The second-order valence-corrected chi connectivity index (χ2v) is 23.4. The molecule has 0 aromatic rings. The van der Waals surface area contributed by atoms with E-state index in [-0.39, 0.29) is 31.1 Å². The zero-order chi connectivity index (χ0) is 59.9. The number of hydrogen-bond acceptors (Lipinski definition) is 6. The van der Waals surface area contributed by atoms with Crippen molar-refractivity contribution in [2.45, 2.75) is 348 Å². The van der Waals surface area contributed by atoms with E-state index < -0.39 is 6.10 Å². The molecule has 0 bridgehead atoms. The molecule has 1 unspecified atom stereocenters. The van der Waals surface area contributed by atoms with Crippen molar-refractivity contribution in [1.82, 2.24) is 0 Å². The normalized spacial score (nSPS) is 12.8. The molecule has 476 valence electrons. The molecule has 0 aliphatic heterocycles. The fraction of sp³-hybridized carbons (Fsp3) is 0.727. The lowest BCUT2D eigenvalue weighted by atomic mass is 10.0. The minimum Gasteiger partial charge on any atom is -0.462 e. The van der Waals surface area contributed by atoms with E-state index in [1.807, 2.05) is 0 Å². The monoisotopic (exact) mass is 1150 g/mol. The molecule has 0 saturated carbocycles. The topological polar surface area (TPSA) is 78.9 Å². The Kier molecular flexibility index (Phi) is 67.2. The van der Waals surface area contributed by atoms with Crippen molar-refractivity contribution in [2.75, 3.05) is 13.2 Å². The third-order valence-electron chi connectivity index (χ3n) is 15.3. The first kappa shape index (κ1) is 79.1. The number of allylic oxidation sites excluding steroid dienone is 18. The summed E-state index contributed by atoms with van der Waals surface area (Å²) in [5, 5.41) is 0. The van der Waals surface area contributed by atoms with Gasteiger partial charge in [-0.25, -0.2) is 0 Å². The van der Waals surface area contributed by atoms with Gasteiger partial charge in [0.1, 0.15) is 13.2 Å². The van der Waals surface area contributed by atoms with Crippen LogP contribution in [0.2, 0.25) is 0 Å². The van der Waals surface area contributed by atoms with Crippen molar-refractivity contribution in [2.24, 2.45) is 0 Å². The van der Waals surface area contributed by atoms with Gasteiger partial charge in [-0.2, -0.15) is 0 Å². The molecule has 0 amide bonds. The Morgan fingerprint density at radius 1 is 0.253 bits per heavy atom. The van der Waals surface area contributed by atoms with Gasteiger partial charge in [0.15, 0.2) is 6.10 Å². The van der Waals surface area contributed by atoms with E-state index >= 15 is 0 Å². The van der Waals surface area contributed by atoms with Crippen molar-refractivity contribution >= 4 is 17.9 Å². The van der Waals surface area contributed by atoms with Crippen LogP contribution in [0, 0.1) is 0 Å². The standard InChI is InChI=1S/C77H132O6/c1-4-7-10-13-16-18-20-22-24-26-28-30-32-34-36-37-38-39-41-42-44-46-48-50-52-54-56-58-61-64-67-70-76(79)82-73-74(72-81-75(78)69-66-63-60-15-12-9-6-3)83-77(80)71-68-65-62-59-57-55-53-51-49-47-45-43-40-35-33-31-29-27-25-23-21-19-17-14-11-8-5-2/h7,10,16,18,22,24,27-30,34,36,38-39,42,44,48,50,74H,4-6,8-9,11-15,17,19-21,23,25-26,31-33,35,37,40-41,43,45-47,49,51-73H2,1-3H3/b10-7-,18-16-,24-22-,29-27-,30-28-,36-34-,39-38-,44-42-,50-48-. The Morgan fingerprint density at radius 3 is 0.747 bits per heavy atom. The van der Waals surface area contributed by atoms with Crippen molar-refractivity contribution in [1.29, 1.82) is 0 Å². The van der Waals surface area contributed by atoms with Gasteiger partial charge in [0.2, 0.25) is 0 Å². The van der Waals surface area contributed by atoms with Gasteiger partial charge >= 0.3 is 17.9 Å². The average Bonchev–Trinajstić information content (AvgIpc) is 3.50. The van der Waals surface area contributed by atoms with Gasteiger partial charge in [-0.1, -0.05) is 323 Å². The molecule has 0 rings (SSSR count). The van der Waals surface area contributed by atoms with Crippen LogP contribution in [0.15, 0.2) is 109 Å². The van der Waals surface area contributed by atoms with Gasteiger partial charge in [-0.3, -0.25) is 14.4 Å². The van der Waals surface area contributed by atoms with Crippen molar-refractivity contribution < 1.29 is 28.6 Å². The fourth-order valence-electron chi connectivity index (χ4n) is 9.99. The summed E-state index contributed by atoms with van der Waals surface area (Å²) in [6, 6.07) is 0. The van der Waals surface area contributed by atoms with E-state index in [9.17, 15) is 14.4 Å². The second kappa shape index (κ2) is 70.6. The van der Waals surface area contributed by atoms with Crippen molar-refractivity contribution in [3.8, 4) is 0 Å². The maximum atomic E-state index is 12.9.